The van der Waals surface area contributed by atoms with E-state index in [1.54, 1.807) is 0 Å². The summed E-state index contributed by atoms with van der Waals surface area (Å²) in [6.07, 6.45) is 12.4. The Balaban J connectivity index is 1.95. The monoisotopic (exact) mass is 242 g/mol. The Bertz CT molecular complexity index is 172. The van der Waals surface area contributed by atoms with Crippen molar-refractivity contribution in [2.75, 3.05) is 0 Å². The molecule has 0 aromatic rings. The summed E-state index contributed by atoms with van der Waals surface area (Å²) in [6.45, 7) is 6.56. The lowest BCUT2D eigenvalue weighted by Gasteiger charge is -2.32. The standard InChI is InChI=1S/C15H30O2/c1-4-5-6-7-8-9-10-11-15-16-13(2)12-14(3)17-15/h13-15H,4-12H2,1-3H3/t13-,14-/m0/s1. The highest BCUT2D eigenvalue weighted by Crippen LogP contribution is 2.21. The maximum atomic E-state index is 5.78. The molecule has 0 aliphatic carbocycles. The van der Waals surface area contributed by atoms with E-state index in [9.17, 15) is 0 Å². The molecule has 1 rings (SSSR count). The van der Waals surface area contributed by atoms with E-state index in [1.807, 2.05) is 0 Å². The molecule has 0 amide bonds. The minimum absolute atomic E-state index is 0.0596. The molecule has 0 unspecified atom stereocenters. The van der Waals surface area contributed by atoms with E-state index in [-0.39, 0.29) is 6.29 Å². The smallest absolute Gasteiger partial charge is 0.158 e. The fourth-order valence-corrected chi connectivity index (χ4v) is 2.53. The van der Waals surface area contributed by atoms with Crippen LogP contribution in [0.15, 0.2) is 0 Å². The predicted molar refractivity (Wildman–Crippen MR) is 72.1 cm³/mol. The molecule has 0 N–H and O–H groups in total. The molecule has 0 aromatic heterocycles. The first-order valence-corrected chi connectivity index (χ1v) is 7.53. The first-order chi connectivity index (χ1) is 8.22. The van der Waals surface area contributed by atoms with Gasteiger partial charge < -0.3 is 9.47 Å². The van der Waals surface area contributed by atoms with Gasteiger partial charge in [0.1, 0.15) is 0 Å². The highest BCUT2D eigenvalue weighted by molar-refractivity contribution is 4.65. The van der Waals surface area contributed by atoms with Gasteiger partial charge in [-0.1, -0.05) is 45.4 Å². The van der Waals surface area contributed by atoms with Crippen molar-refractivity contribution in [3.05, 3.63) is 0 Å². The van der Waals surface area contributed by atoms with E-state index < -0.39 is 0 Å². The second kappa shape index (κ2) is 8.93. The van der Waals surface area contributed by atoms with E-state index >= 15 is 0 Å². The molecule has 0 bridgehead atoms. The Labute approximate surface area is 107 Å². The maximum absolute atomic E-state index is 5.78. The summed E-state index contributed by atoms with van der Waals surface area (Å²) in [7, 11) is 0. The third-order valence-corrected chi connectivity index (χ3v) is 3.48. The highest BCUT2D eigenvalue weighted by Gasteiger charge is 2.24. The average molecular weight is 242 g/mol. The summed E-state index contributed by atoms with van der Waals surface area (Å²) in [6, 6.07) is 0. The van der Waals surface area contributed by atoms with Gasteiger partial charge in [0.25, 0.3) is 0 Å². The molecule has 2 atom stereocenters. The highest BCUT2D eigenvalue weighted by atomic mass is 16.7. The van der Waals surface area contributed by atoms with Crippen molar-refractivity contribution in [3.8, 4) is 0 Å². The molecule has 2 heteroatoms. The Morgan fingerprint density at radius 1 is 0.824 bits per heavy atom. The minimum Gasteiger partial charge on any atom is -0.350 e. The number of hydrogen-bond donors (Lipinski definition) is 0. The van der Waals surface area contributed by atoms with E-state index in [0.717, 1.165) is 12.8 Å². The van der Waals surface area contributed by atoms with Gasteiger partial charge in [-0.05, 0) is 33.1 Å². The van der Waals surface area contributed by atoms with Crippen molar-refractivity contribution in [3.63, 3.8) is 0 Å². The van der Waals surface area contributed by atoms with Crippen LogP contribution >= 0.6 is 0 Å². The zero-order valence-corrected chi connectivity index (χ0v) is 11.9. The van der Waals surface area contributed by atoms with E-state index in [0.29, 0.717) is 12.2 Å². The van der Waals surface area contributed by atoms with Gasteiger partial charge in [0, 0.05) is 0 Å². The lowest BCUT2D eigenvalue weighted by atomic mass is 10.1. The third-order valence-electron chi connectivity index (χ3n) is 3.48. The summed E-state index contributed by atoms with van der Waals surface area (Å²) in [5, 5.41) is 0. The maximum Gasteiger partial charge on any atom is 0.158 e. The number of rotatable bonds is 8. The minimum atomic E-state index is 0.0596. The van der Waals surface area contributed by atoms with Gasteiger partial charge in [0.05, 0.1) is 12.2 Å². The molecule has 0 aromatic carbocycles. The molecule has 0 saturated carbocycles. The Hall–Kier alpha value is -0.0800. The van der Waals surface area contributed by atoms with Crippen LogP contribution in [0.2, 0.25) is 0 Å². The molecule has 0 radical (unpaired) electrons. The van der Waals surface area contributed by atoms with E-state index in [4.69, 9.17) is 9.47 Å². The van der Waals surface area contributed by atoms with Gasteiger partial charge in [-0.25, -0.2) is 0 Å². The Morgan fingerprint density at radius 2 is 1.35 bits per heavy atom. The fourth-order valence-electron chi connectivity index (χ4n) is 2.53. The topological polar surface area (TPSA) is 18.5 Å². The lowest BCUT2D eigenvalue weighted by molar-refractivity contribution is -0.236. The summed E-state index contributed by atoms with van der Waals surface area (Å²) in [5.41, 5.74) is 0. The third kappa shape index (κ3) is 7.05. The number of unbranched alkanes of at least 4 members (excludes halogenated alkanes) is 6. The van der Waals surface area contributed by atoms with E-state index in [1.165, 1.54) is 44.9 Å². The van der Waals surface area contributed by atoms with Crippen molar-refractivity contribution < 1.29 is 9.47 Å². The second-order valence-electron chi connectivity index (χ2n) is 5.47. The first-order valence-electron chi connectivity index (χ1n) is 7.53. The molecule has 0 spiro atoms. The predicted octanol–water partition coefficient (Wildman–Crippen LogP) is 4.67. The van der Waals surface area contributed by atoms with Crippen LogP contribution in [0.4, 0.5) is 0 Å². The molecule has 1 heterocycles. The van der Waals surface area contributed by atoms with Crippen LogP contribution in [-0.2, 0) is 9.47 Å². The van der Waals surface area contributed by atoms with Gasteiger partial charge in [-0.2, -0.15) is 0 Å². The van der Waals surface area contributed by atoms with Crippen molar-refractivity contribution >= 4 is 0 Å². The molecule has 1 fully saturated rings. The normalized spacial score (nSPS) is 29.5. The average Bonchev–Trinajstić information content (AvgIpc) is 2.26. The Kier molecular flexibility index (Phi) is 7.87. The summed E-state index contributed by atoms with van der Waals surface area (Å²) in [5.74, 6) is 0. The van der Waals surface area contributed by atoms with Crippen LogP contribution in [0, 0.1) is 0 Å². The molecular formula is C15H30O2. The van der Waals surface area contributed by atoms with Gasteiger partial charge in [0.15, 0.2) is 6.29 Å². The summed E-state index contributed by atoms with van der Waals surface area (Å²) < 4.78 is 11.6. The molecule has 17 heavy (non-hydrogen) atoms. The van der Waals surface area contributed by atoms with Gasteiger partial charge in [0.2, 0.25) is 0 Å². The van der Waals surface area contributed by atoms with Crippen molar-refractivity contribution in [2.45, 2.75) is 97.1 Å². The van der Waals surface area contributed by atoms with Gasteiger partial charge in [-0.3, -0.25) is 0 Å². The molecule has 1 saturated heterocycles. The van der Waals surface area contributed by atoms with Gasteiger partial charge in [-0.15, -0.1) is 0 Å². The van der Waals surface area contributed by atoms with Crippen LogP contribution < -0.4 is 0 Å². The largest absolute Gasteiger partial charge is 0.350 e. The molecule has 2 nitrogen and oxygen atoms in total. The molecule has 1 aliphatic heterocycles. The van der Waals surface area contributed by atoms with Crippen LogP contribution in [0.5, 0.6) is 0 Å². The van der Waals surface area contributed by atoms with Gasteiger partial charge >= 0.3 is 0 Å². The fraction of sp³-hybridized carbons (Fsp3) is 1.00. The number of ether oxygens (including phenoxy) is 2. The van der Waals surface area contributed by atoms with E-state index in [2.05, 4.69) is 20.8 Å². The zero-order chi connectivity index (χ0) is 12.5. The summed E-state index contributed by atoms with van der Waals surface area (Å²) >= 11 is 0. The Morgan fingerprint density at radius 3 is 1.94 bits per heavy atom. The molecular weight excluding hydrogens is 212 g/mol. The molecule has 102 valence electrons. The van der Waals surface area contributed by atoms with Crippen LogP contribution in [0.25, 0.3) is 0 Å². The van der Waals surface area contributed by atoms with Crippen molar-refractivity contribution in [1.82, 2.24) is 0 Å². The molecule has 1 aliphatic rings. The van der Waals surface area contributed by atoms with Crippen LogP contribution in [-0.4, -0.2) is 18.5 Å². The van der Waals surface area contributed by atoms with Crippen LogP contribution in [0.1, 0.15) is 78.6 Å². The number of hydrogen-bond acceptors (Lipinski definition) is 2. The second-order valence-corrected chi connectivity index (χ2v) is 5.47. The van der Waals surface area contributed by atoms with Crippen molar-refractivity contribution in [2.24, 2.45) is 0 Å². The van der Waals surface area contributed by atoms with Crippen LogP contribution in [0.3, 0.4) is 0 Å². The lowest BCUT2D eigenvalue weighted by Crippen LogP contribution is -2.35. The van der Waals surface area contributed by atoms with Crippen molar-refractivity contribution in [1.29, 1.82) is 0 Å². The quantitative estimate of drug-likeness (QED) is 0.576. The summed E-state index contributed by atoms with van der Waals surface area (Å²) in [4.78, 5) is 0. The SMILES string of the molecule is CCCCCCCCCC1O[C@@H](C)C[C@H](C)O1. The first kappa shape index (κ1) is 15.0. The zero-order valence-electron chi connectivity index (χ0n) is 11.9.